The largest absolute Gasteiger partial charge is 0.394 e. The highest BCUT2D eigenvalue weighted by Gasteiger charge is 2.43. The molecule has 5 heterocycles. The Balaban J connectivity index is 0.963. The van der Waals surface area contributed by atoms with Crippen molar-refractivity contribution in [3.8, 4) is 0 Å². The van der Waals surface area contributed by atoms with Gasteiger partial charge >= 0.3 is 6.03 Å². The fourth-order valence-corrected chi connectivity index (χ4v) is 13.6. The molecule has 2 bridgehead atoms. The van der Waals surface area contributed by atoms with Crippen molar-refractivity contribution in [2.45, 2.75) is 150 Å². The summed E-state index contributed by atoms with van der Waals surface area (Å²) in [5, 5.41) is 48.0. The number of fused-ring (bicyclic) bond motifs is 4. The van der Waals surface area contributed by atoms with Gasteiger partial charge in [0.15, 0.2) is 5.96 Å². The minimum atomic E-state index is -1.64. The van der Waals surface area contributed by atoms with Crippen LogP contribution in [0.1, 0.15) is 80.2 Å². The molecule has 10 atom stereocenters. The van der Waals surface area contributed by atoms with Gasteiger partial charge in [-0.2, -0.15) is 11.8 Å². The standard InChI is InChI=1S/C68H94N18O14S/c1-85-37-44(46-19-8-9-22-55(46)85)35-51-64(94)80-53(39-87)66(96)75-47(60(69)90)20-12-13-27-86-38-45(83-84-86)36-52(74-58(89)40-100-32-31-99-30-29-98-28-26-72-57(88)24-11-10-23-56-59-54(41-101-56)81-68(97)82-59)65(95)78-49(33-42-15-4-2-5-16-42)62(92)76-48(21-14-25-73-67(70)71)61(91)77-50(63(93)79-51)34-43-17-6-3-7-18-43/h2-9,15-19,22,37-38,47-54,56,59,87H,10-14,20-21,23-36,39-41H2,1H3,(H2,69,90)(H,72,88)(H,74,89)(H,75,96)(H,76,92)(H,77,91)(H,78,95)(H,79,93)(H,80,94)(H4,70,71,73)(H2,81,82,97)/t47-,48+,49+,50+,51-,52-,53+,54-,56-,59-/m0/s1. The Kier molecular flexibility index (Phi) is 30.5. The van der Waals surface area contributed by atoms with E-state index in [1.807, 2.05) is 47.6 Å². The average Bonchev–Trinajstić information content (AvgIpc) is 1.70. The third-order valence-corrected chi connectivity index (χ3v) is 18.8. The molecule has 8 rings (SSSR count). The van der Waals surface area contributed by atoms with E-state index in [0.29, 0.717) is 47.7 Å². The molecule has 17 N–H and O–H groups in total. The second-order valence-electron chi connectivity index (χ2n) is 25.1. The highest BCUT2D eigenvalue weighted by Crippen LogP contribution is 2.33. The number of aliphatic imine (C=N–C) groups is 1. The number of urea groups is 1. The highest BCUT2D eigenvalue weighted by atomic mass is 32.2. The topological polar surface area (TPSA) is 465 Å². The van der Waals surface area contributed by atoms with E-state index in [9.17, 15) is 48.3 Å². The molecule has 0 radical (unpaired) electrons. The summed E-state index contributed by atoms with van der Waals surface area (Å²) in [7, 11) is 1.81. The number of para-hydroxylation sites is 1. The normalized spacial score (nSPS) is 22.7. The summed E-state index contributed by atoms with van der Waals surface area (Å²) in [6.07, 6.45) is 6.35. The zero-order chi connectivity index (χ0) is 72.0. The lowest BCUT2D eigenvalue weighted by atomic mass is 10.0. The van der Waals surface area contributed by atoms with Crippen molar-refractivity contribution < 1.29 is 67.3 Å². The number of ether oxygens (including phenoxy) is 3. The first kappa shape index (κ1) is 77.0. The van der Waals surface area contributed by atoms with Gasteiger partial charge in [-0.3, -0.25) is 52.8 Å². The Morgan fingerprint density at radius 1 is 0.644 bits per heavy atom. The van der Waals surface area contributed by atoms with Gasteiger partial charge in [0.2, 0.25) is 53.2 Å². The molecule has 0 aliphatic carbocycles. The van der Waals surface area contributed by atoms with Gasteiger partial charge in [-0.1, -0.05) is 90.5 Å². The van der Waals surface area contributed by atoms with Gasteiger partial charge in [0, 0.05) is 93.1 Å². The zero-order valence-corrected chi connectivity index (χ0v) is 57.4. The molecule has 0 unspecified atom stereocenters. The van der Waals surface area contributed by atoms with E-state index in [0.717, 1.165) is 35.9 Å². The van der Waals surface area contributed by atoms with E-state index in [1.165, 1.54) is 4.68 Å². The maximum Gasteiger partial charge on any atom is 0.315 e. The predicted molar refractivity (Wildman–Crippen MR) is 374 cm³/mol. The Morgan fingerprint density at radius 2 is 1.25 bits per heavy atom. The molecule has 33 heteroatoms. The van der Waals surface area contributed by atoms with E-state index in [1.54, 1.807) is 73.1 Å². The molecule has 2 fully saturated rings. The lowest BCUT2D eigenvalue weighted by Gasteiger charge is -2.28. The molecular weight excluding hydrogens is 1320 g/mol. The molecule has 546 valence electrons. The number of hydrogen-bond donors (Lipinski definition) is 14. The molecule has 0 saturated carbocycles. The lowest BCUT2D eigenvalue weighted by molar-refractivity contribution is -0.136. The lowest BCUT2D eigenvalue weighted by Crippen LogP contribution is -2.61. The molecule has 11 amide bonds. The van der Waals surface area contributed by atoms with Crippen molar-refractivity contribution in [2.24, 2.45) is 29.2 Å². The Bertz CT molecular complexity index is 3620. The number of guanidine groups is 1. The number of amides is 11. The van der Waals surface area contributed by atoms with Crippen LogP contribution in [0.2, 0.25) is 0 Å². The Labute approximate surface area is 589 Å². The first-order valence-electron chi connectivity index (χ1n) is 34.1. The van der Waals surface area contributed by atoms with Gasteiger partial charge in [0.25, 0.3) is 0 Å². The van der Waals surface area contributed by atoms with Crippen LogP contribution < -0.4 is 70.4 Å². The SMILES string of the molecule is Cn1cc(C[C@@H]2NC(=O)[C@@H](Cc3ccccc3)NC(=O)[C@@H](CCCN=C(N)N)NC(=O)[C@@H](Cc3ccccc3)NC(=O)[C@@H](NC(=O)COCCOCCOCCNC(=O)CCCC[C@@H]3SC[C@@H]4NC(=O)N[C@@H]43)Cc3cn(nn3)CCCC[C@@H](C(N)=O)NC(=O)[C@@H](CO)NC2=O)c2ccccc21. The van der Waals surface area contributed by atoms with Gasteiger partial charge < -0.3 is 94.3 Å². The molecule has 101 heavy (non-hydrogen) atoms. The first-order valence-corrected chi connectivity index (χ1v) is 35.1. The third-order valence-electron chi connectivity index (χ3n) is 17.3. The number of carbonyl (C=O) groups is 10. The maximum absolute atomic E-state index is 15.0. The minimum absolute atomic E-state index is 0.0163. The van der Waals surface area contributed by atoms with Crippen LogP contribution in [-0.4, -0.2) is 215 Å². The monoisotopic (exact) mass is 1420 g/mol. The van der Waals surface area contributed by atoms with Crippen LogP contribution in [0.5, 0.6) is 0 Å². The van der Waals surface area contributed by atoms with Gasteiger partial charge in [-0.05, 0) is 67.7 Å². The van der Waals surface area contributed by atoms with Crippen LogP contribution in [0, 0.1) is 0 Å². The number of thioether (sulfide) groups is 1. The molecule has 0 spiro atoms. The number of aliphatic hydroxyl groups is 1. The Morgan fingerprint density at radius 3 is 1.92 bits per heavy atom. The Hall–Kier alpha value is -9.70. The summed E-state index contributed by atoms with van der Waals surface area (Å²) in [6, 6.07) is 14.9. The molecule has 3 aliphatic heterocycles. The van der Waals surface area contributed by atoms with Crippen LogP contribution in [0.15, 0.2) is 102 Å². The number of aromatic nitrogens is 4. The summed E-state index contributed by atoms with van der Waals surface area (Å²) in [4.78, 5) is 143. The summed E-state index contributed by atoms with van der Waals surface area (Å²) in [6.45, 7) is -0.0872. The third kappa shape index (κ3) is 24.9. The smallest absolute Gasteiger partial charge is 0.315 e. The summed E-state index contributed by atoms with van der Waals surface area (Å²) in [5.41, 5.74) is 20.0. The maximum atomic E-state index is 15.0. The molecule has 2 saturated heterocycles. The number of nitrogens with two attached hydrogens (primary N) is 3. The van der Waals surface area contributed by atoms with Crippen LogP contribution in [0.4, 0.5) is 4.79 Å². The minimum Gasteiger partial charge on any atom is -0.394 e. The van der Waals surface area contributed by atoms with Gasteiger partial charge in [0.05, 0.1) is 57.4 Å². The number of aryl methyl sites for hydroxylation is 2. The van der Waals surface area contributed by atoms with Crippen LogP contribution in [-0.2, 0) is 96.6 Å². The van der Waals surface area contributed by atoms with Crippen LogP contribution in [0.3, 0.4) is 0 Å². The molecule has 32 nitrogen and oxygen atoms in total. The van der Waals surface area contributed by atoms with Gasteiger partial charge in [-0.15, -0.1) is 5.10 Å². The summed E-state index contributed by atoms with van der Waals surface area (Å²) in [5.74, 6) is -6.19. The van der Waals surface area contributed by atoms with Crippen molar-refractivity contribution in [1.29, 1.82) is 0 Å². The highest BCUT2D eigenvalue weighted by molar-refractivity contribution is 8.00. The molecule has 3 aromatic carbocycles. The van der Waals surface area contributed by atoms with E-state index in [4.69, 9.17) is 31.4 Å². The molecular formula is C68H94N18O14S. The first-order chi connectivity index (χ1) is 48.8. The average molecular weight is 1420 g/mol. The predicted octanol–water partition coefficient (Wildman–Crippen LogP) is -1.96. The van der Waals surface area contributed by atoms with Crippen molar-refractivity contribution in [3.05, 3.63) is 120 Å². The van der Waals surface area contributed by atoms with Gasteiger partial charge in [-0.25, -0.2) is 4.79 Å². The summed E-state index contributed by atoms with van der Waals surface area (Å²) >= 11 is 1.85. The van der Waals surface area contributed by atoms with Crippen molar-refractivity contribution in [2.75, 3.05) is 65.1 Å². The number of unbranched alkanes of at least 4 members (excludes halogenated alkanes) is 1. The van der Waals surface area contributed by atoms with E-state index in [-0.39, 0.29) is 127 Å². The zero-order valence-electron chi connectivity index (χ0n) is 56.6. The molecule has 3 aliphatic rings. The number of benzene rings is 3. The van der Waals surface area contributed by atoms with Crippen LogP contribution >= 0.6 is 11.8 Å². The van der Waals surface area contributed by atoms with Crippen molar-refractivity contribution >= 4 is 87.8 Å². The van der Waals surface area contributed by atoms with Crippen molar-refractivity contribution in [3.63, 3.8) is 0 Å². The van der Waals surface area contributed by atoms with E-state index >= 15 is 4.79 Å². The quantitative estimate of drug-likeness (QED) is 0.0107. The summed E-state index contributed by atoms with van der Waals surface area (Å²) < 4.78 is 20.2. The second kappa shape index (κ2) is 39.9. The van der Waals surface area contributed by atoms with Crippen LogP contribution in [0.25, 0.3) is 10.9 Å². The van der Waals surface area contributed by atoms with E-state index < -0.39 is 103 Å². The number of carbonyl (C=O) groups excluding carboxylic acids is 10. The number of nitrogens with zero attached hydrogens (tertiary/aromatic N) is 5. The molecule has 5 aromatic rings. The number of rotatable bonds is 29. The number of aliphatic hydroxyl groups excluding tert-OH is 1. The number of hydrogen-bond acceptors (Lipinski definition) is 18. The fourth-order valence-electron chi connectivity index (χ4n) is 12.1. The second-order valence-corrected chi connectivity index (χ2v) is 26.3. The number of nitrogens with one attached hydrogen (secondary N) is 10. The number of primary amides is 1. The molecule has 2 aromatic heterocycles. The van der Waals surface area contributed by atoms with Crippen molar-refractivity contribution in [1.82, 2.24) is 72.7 Å². The fraction of sp³-hybridized carbons (Fsp3) is 0.515. The van der Waals surface area contributed by atoms with E-state index in [2.05, 4.69) is 68.5 Å². The van der Waals surface area contributed by atoms with Gasteiger partial charge in [0.1, 0.15) is 48.9 Å².